The first-order valence-corrected chi connectivity index (χ1v) is 12.1. The Hall–Kier alpha value is -3.85. The number of benzene rings is 3. The fraction of sp³-hybridized carbons (Fsp3) is 0.160. The molecule has 2 heterocycles. The molecule has 0 aliphatic carbocycles. The second kappa shape index (κ2) is 8.83. The number of nitrogens with one attached hydrogen (secondary N) is 1. The van der Waals surface area contributed by atoms with Gasteiger partial charge >= 0.3 is 0 Å². The molecule has 4 aromatic rings. The van der Waals surface area contributed by atoms with Crippen LogP contribution in [0.25, 0.3) is 11.5 Å². The maximum atomic E-state index is 14.5. The molecule has 34 heavy (non-hydrogen) atoms. The highest BCUT2D eigenvalue weighted by Gasteiger charge is 2.31. The zero-order chi connectivity index (χ0) is 23.7. The second-order valence-corrected chi connectivity index (χ2v) is 9.58. The number of aromatic nitrogens is 1. The molecule has 5 rings (SSSR count). The molecule has 0 saturated heterocycles. The van der Waals surface area contributed by atoms with Crippen LogP contribution in [0.2, 0.25) is 0 Å². The van der Waals surface area contributed by atoms with Crippen LogP contribution >= 0.6 is 0 Å². The van der Waals surface area contributed by atoms with E-state index in [9.17, 15) is 12.8 Å². The van der Waals surface area contributed by atoms with Crippen molar-refractivity contribution in [3.05, 3.63) is 84.2 Å². The number of oxazole rings is 1. The summed E-state index contributed by atoms with van der Waals surface area (Å²) in [7, 11) is -4.16. The van der Waals surface area contributed by atoms with Gasteiger partial charge in [0.1, 0.15) is 19.0 Å². The maximum absolute atomic E-state index is 14.5. The van der Waals surface area contributed by atoms with Crippen molar-refractivity contribution in [2.45, 2.75) is 22.9 Å². The molecule has 0 radical (unpaired) electrons. The van der Waals surface area contributed by atoms with E-state index in [1.807, 2.05) is 37.3 Å². The third kappa shape index (κ3) is 4.10. The Morgan fingerprint density at radius 2 is 1.65 bits per heavy atom. The van der Waals surface area contributed by atoms with E-state index in [4.69, 9.17) is 13.9 Å². The van der Waals surface area contributed by atoms with Crippen LogP contribution in [0.1, 0.15) is 18.5 Å². The van der Waals surface area contributed by atoms with Gasteiger partial charge in [-0.2, -0.15) is 4.98 Å². The first kappa shape index (κ1) is 22.0. The van der Waals surface area contributed by atoms with Crippen molar-refractivity contribution >= 4 is 15.7 Å². The molecule has 1 atom stereocenters. The highest BCUT2D eigenvalue weighted by atomic mass is 32.2. The van der Waals surface area contributed by atoms with Gasteiger partial charge in [-0.15, -0.1) is 0 Å². The van der Waals surface area contributed by atoms with Crippen LogP contribution in [-0.2, 0) is 9.84 Å². The Morgan fingerprint density at radius 3 is 2.41 bits per heavy atom. The number of nitrogens with zero attached hydrogens (tertiary/aromatic N) is 1. The minimum atomic E-state index is -4.16. The van der Waals surface area contributed by atoms with Gasteiger partial charge in [-0.3, -0.25) is 0 Å². The summed E-state index contributed by atoms with van der Waals surface area (Å²) in [5, 5.41) is 2.75. The third-order valence-corrected chi connectivity index (χ3v) is 7.09. The lowest BCUT2D eigenvalue weighted by molar-refractivity contribution is 0.171. The highest BCUT2D eigenvalue weighted by molar-refractivity contribution is 7.91. The van der Waals surface area contributed by atoms with Crippen LogP contribution < -0.4 is 14.8 Å². The van der Waals surface area contributed by atoms with E-state index in [0.29, 0.717) is 24.7 Å². The van der Waals surface area contributed by atoms with Crippen LogP contribution in [-0.4, -0.2) is 26.6 Å². The lowest BCUT2D eigenvalue weighted by Crippen LogP contribution is -2.16. The SMILES string of the molecule is CC(Nc1oc(-c2ccccc2F)nc1S(=O)(=O)c1ccc2c(c1)OCCO2)c1ccccc1. The lowest BCUT2D eigenvalue weighted by Gasteiger charge is -2.19. The Bertz CT molecular complexity index is 1440. The van der Waals surface area contributed by atoms with Gasteiger partial charge in [0.2, 0.25) is 26.6 Å². The molecule has 0 amide bonds. The highest BCUT2D eigenvalue weighted by Crippen LogP contribution is 2.38. The molecule has 0 spiro atoms. The standard InChI is InChI=1S/C25H21FN2O5S/c1-16(17-7-3-2-4-8-17)27-24-25(28-23(33-24)19-9-5-6-10-20(19)26)34(29,30)18-11-12-21-22(15-18)32-14-13-31-21/h2-12,15-16,27H,13-14H2,1H3. The van der Waals surface area contributed by atoms with Crippen molar-refractivity contribution in [1.29, 1.82) is 0 Å². The molecule has 9 heteroatoms. The van der Waals surface area contributed by atoms with E-state index in [2.05, 4.69) is 10.3 Å². The first-order valence-electron chi connectivity index (χ1n) is 10.7. The summed E-state index contributed by atoms with van der Waals surface area (Å²) in [4.78, 5) is 4.18. The van der Waals surface area contributed by atoms with Crippen molar-refractivity contribution in [3.8, 4) is 23.0 Å². The molecule has 1 N–H and O–H groups in total. The number of anilines is 1. The first-order chi connectivity index (χ1) is 16.4. The van der Waals surface area contributed by atoms with Crippen molar-refractivity contribution in [2.24, 2.45) is 0 Å². The minimum absolute atomic E-state index is 0.0412. The predicted octanol–water partition coefficient (Wildman–Crippen LogP) is 5.26. The monoisotopic (exact) mass is 480 g/mol. The van der Waals surface area contributed by atoms with E-state index in [1.165, 1.54) is 30.3 Å². The summed E-state index contributed by atoms with van der Waals surface area (Å²) in [6, 6.07) is 19.4. The Kier molecular flexibility index (Phi) is 5.70. The van der Waals surface area contributed by atoms with Gasteiger partial charge < -0.3 is 19.2 Å². The predicted molar refractivity (Wildman–Crippen MR) is 123 cm³/mol. The Balaban J connectivity index is 1.60. The molecule has 1 aliphatic heterocycles. The number of hydrogen-bond donors (Lipinski definition) is 1. The summed E-state index contributed by atoms with van der Waals surface area (Å²) in [6.45, 7) is 2.57. The van der Waals surface area contributed by atoms with Gasteiger partial charge in [0.15, 0.2) is 11.5 Å². The average Bonchev–Trinajstić information content (AvgIpc) is 3.29. The summed E-state index contributed by atoms with van der Waals surface area (Å²) < 4.78 is 58.5. The van der Waals surface area contributed by atoms with Crippen LogP contribution in [0.5, 0.6) is 11.5 Å². The normalized spacial score (nSPS) is 13.9. The molecule has 0 fully saturated rings. The number of sulfone groups is 1. The molecule has 174 valence electrons. The van der Waals surface area contributed by atoms with E-state index < -0.39 is 15.7 Å². The van der Waals surface area contributed by atoms with Crippen LogP contribution in [0, 0.1) is 5.82 Å². The molecule has 0 bridgehead atoms. The molecule has 1 aliphatic rings. The van der Waals surface area contributed by atoms with E-state index in [-0.39, 0.29) is 33.3 Å². The van der Waals surface area contributed by atoms with Gasteiger partial charge in [-0.05, 0) is 36.8 Å². The quantitative estimate of drug-likeness (QED) is 0.403. The van der Waals surface area contributed by atoms with Crippen LogP contribution in [0.4, 0.5) is 10.3 Å². The molecular weight excluding hydrogens is 459 g/mol. The number of ether oxygens (including phenoxy) is 2. The summed E-state index contributed by atoms with van der Waals surface area (Å²) in [5.41, 5.74) is 0.968. The Morgan fingerprint density at radius 1 is 0.941 bits per heavy atom. The number of hydrogen-bond acceptors (Lipinski definition) is 7. The molecule has 1 unspecified atom stereocenters. The fourth-order valence-corrected chi connectivity index (χ4v) is 4.93. The minimum Gasteiger partial charge on any atom is -0.486 e. The van der Waals surface area contributed by atoms with E-state index in [1.54, 1.807) is 12.1 Å². The zero-order valence-electron chi connectivity index (χ0n) is 18.2. The van der Waals surface area contributed by atoms with Crippen LogP contribution in [0.15, 0.2) is 87.1 Å². The molecule has 1 aromatic heterocycles. The van der Waals surface area contributed by atoms with Crippen molar-refractivity contribution < 1.29 is 26.7 Å². The topological polar surface area (TPSA) is 90.7 Å². The van der Waals surface area contributed by atoms with E-state index >= 15 is 0 Å². The van der Waals surface area contributed by atoms with Crippen molar-refractivity contribution in [1.82, 2.24) is 4.98 Å². The fourth-order valence-electron chi connectivity index (χ4n) is 3.65. The Labute approximate surface area is 196 Å². The van der Waals surface area contributed by atoms with Gasteiger partial charge in [0.25, 0.3) is 0 Å². The average molecular weight is 481 g/mol. The smallest absolute Gasteiger partial charge is 0.234 e. The number of fused-ring (bicyclic) bond motifs is 1. The molecular formula is C25H21FN2O5S. The van der Waals surface area contributed by atoms with Gasteiger partial charge in [0.05, 0.1) is 16.5 Å². The molecule has 0 saturated carbocycles. The van der Waals surface area contributed by atoms with Crippen LogP contribution in [0.3, 0.4) is 0 Å². The van der Waals surface area contributed by atoms with Crippen molar-refractivity contribution in [3.63, 3.8) is 0 Å². The number of rotatable bonds is 6. The third-order valence-electron chi connectivity index (χ3n) is 5.43. The van der Waals surface area contributed by atoms with Gasteiger partial charge in [0, 0.05) is 6.07 Å². The van der Waals surface area contributed by atoms with Gasteiger partial charge in [-0.25, -0.2) is 12.8 Å². The molecule has 7 nitrogen and oxygen atoms in total. The zero-order valence-corrected chi connectivity index (χ0v) is 19.0. The molecule has 3 aromatic carbocycles. The lowest BCUT2D eigenvalue weighted by atomic mass is 10.1. The second-order valence-electron chi connectivity index (χ2n) is 7.72. The maximum Gasteiger partial charge on any atom is 0.234 e. The largest absolute Gasteiger partial charge is 0.486 e. The van der Waals surface area contributed by atoms with E-state index in [0.717, 1.165) is 5.56 Å². The summed E-state index contributed by atoms with van der Waals surface area (Å²) in [5.74, 6) is 0.00178. The van der Waals surface area contributed by atoms with Gasteiger partial charge in [-0.1, -0.05) is 42.5 Å². The van der Waals surface area contributed by atoms with Crippen molar-refractivity contribution in [2.75, 3.05) is 18.5 Å². The summed E-state index contributed by atoms with van der Waals surface area (Å²) >= 11 is 0. The number of halogens is 1. The summed E-state index contributed by atoms with van der Waals surface area (Å²) in [6.07, 6.45) is 0.